The van der Waals surface area contributed by atoms with Gasteiger partial charge in [0.2, 0.25) is 11.8 Å². The van der Waals surface area contributed by atoms with Crippen molar-refractivity contribution in [3.8, 4) is 5.75 Å². The minimum absolute atomic E-state index is 0.0455. The molecule has 0 bridgehead atoms. The molecule has 0 fully saturated rings. The van der Waals surface area contributed by atoms with Crippen LogP contribution in [-0.4, -0.2) is 51.4 Å². The Morgan fingerprint density at radius 3 is 2.13 bits per heavy atom. The van der Waals surface area contributed by atoms with Crippen LogP contribution in [0, 0.1) is 12.8 Å². The maximum atomic E-state index is 13.9. The number of carbonyl (C=O) groups is 2. The van der Waals surface area contributed by atoms with E-state index in [2.05, 4.69) is 5.32 Å². The zero-order chi connectivity index (χ0) is 28.6. The number of rotatable bonds is 12. The topological polar surface area (TPSA) is 96.0 Å². The summed E-state index contributed by atoms with van der Waals surface area (Å²) in [5.41, 5.74) is 1.95. The Kier molecular flexibility index (Phi) is 10.1. The van der Waals surface area contributed by atoms with Crippen molar-refractivity contribution in [1.82, 2.24) is 10.2 Å². The Bertz CT molecular complexity index is 1360. The van der Waals surface area contributed by atoms with E-state index in [1.54, 1.807) is 43.3 Å². The van der Waals surface area contributed by atoms with Gasteiger partial charge in [-0.05, 0) is 49.6 Å². The van der Waals surface area contributed by atoms with E-state index in [-0.39, 0.29) is 29.0 Å². The van der Waals surface area contributed by atoms with Gasteiger partial charge in [-0.15, -0.1) is 0 Å². The molecule has 0 unspecified atom stereocenters. The number of carbonyl (C=O) groups excluding carboxylic acids is 2. The number of methoxy groups -OCH3 is 1. The highest BCUT2D eigenvalue weighted by molar-refractivity contribution is 7.92. The third kappa shape index (κ3) is 7.60. The molecule has 0 aliphatic heterocycles. The second-order valence-electron chi connectivity index (χ2n) is 9.82. The standard InChI is InChI=1S/C30H37N3O5S/c1-22(2)19-31-30(35)24(4)32(20-25-11-7-6-8-12-25)29(34)21-33(27-13-9-10-14-28(27)38-5)39(36,37)26-17-15-23(3)16-18-26/h6-18,22,24H,19-21H2,1-5H3,(H,31,35)/t24-/m1/s1. The quantitative estimate of drug-likeness (QED) is 0.360. The summed E-state index contributed by atoms with van der Waals surface area (Å²) in [7, 11) is -2.72. The molecule has 8 nitrogen and oxygen atoms in total. The molecule has 0 aliphatic carbocycles. The van der Waals surface area contributed by atoms with Gasteiger partial charge in [0.25, 0.3) is 10.0 Å². The molecule has 0 heterocycles. The fourth-order valence-corrected chi connectivity index (χ4v) is 5.43. The molecule has 0 aromatic heterocycles. The molecule has 0 radical (unpaired) electrons. The van der Waals surface area contributed by atoms with Crippen molar-refractivity contribution < 1.29 is 22.7 Å². The number of nitrogens with zero attached hydrogens (tertiary/aromatic N) is 2. The minimum atomic E-state index is -4.17. The van der Waals surface area contributed by atoms with Crippen molar-refractivity contribution in [2.45, 2.75) is 45.2 Å². The van der Waals surface area contributed by atoms with Crippen LogP contribution >= 0.6 is 0 Å². The van der Waals surface area contributed by atoms with Crippen LogP contribution in [0.25, 0.3) is 0 Å². The molecule has 0 aliphatic rings. The third-order valence-corrected chi connectivity index (χ3v) is 8.06. The number of sulfonamides is 1. The van der Waals surface area contributed by atoms with E-state index in [1.807, 2.05) is 51.1 Å². The highest BCUT2D eigenvalue weighted by atomic mass is 32.2. The Morgan fingerprint density at radius 1 is 0.897 bits per heavy atom. The number of aryl methyl sites for hydroxylation is 1. The van der Waals surface area contributed by atoms with Crippen molar-refractivity contribution in [3.63, 3.8) is 0 Å². The van der Waals surface area contributed by atoms with E-state index in [0.717, 1.165) is 15.4 Å². The number of ether oxygens (including phenoxy) is 1. The maximum absolute atomic E-state index is 13.9. The van der Waals surface area contributed by atoms with Crippen molar-refractivity contribution >= 4 is 27.5 Å². The van der Waals surface area contributed by atoms with E-state index >= 15 is 0 Å². The monoisotopic (exact) mass is 551 g/mol. The van der Waals surface area contributed by atoms with Gasteiger partial charge in [-0.1, -0.05) is 74.0 Å². The van der Waals surface area contributed by atoms with Crippen LogP contribution < -0.4 is 14.4 Å². The molecule has 3 rings (SSSR count). The third-order valence-electron chi connectivity index (χ3n) is 6.29. The van der Waals surface area contributed by atoms with Crippen molar-refractivity contribution in [2.75, 3.05) is 24.5 Å². The summed E-state index contributed by atoms with van der Waals surface area (Å²) in [5.74, 6) is -0.288. The number of hydrogen-bond acceptors (Lipinski definition) is 5. The molecule has 39 heavy (non-hydrogen) atoms. The Labute approximate surface area is 231 Å². The fourth-order valence-electron chi connectivity index (χ4n) is 4.00. The molecule has 3 aromatic carbocycles. The van der Waals surface area contributed by atoms with Crippen molar-refractivity contribution in [3.05, 3.63) is 90.0 Å². The zero-order valence-electron chi connectivity index (χ0n) is 23.1. The number of nitrogens with one attached hydrogen (secondary N) is 1. The highest BCUT2D eigenvalue weighted by Crippen LogP contribution is 2.32. The molecule has 0 saturated heterocycles. The first-order chi connectivity index (χ1) is 18.5. The van der Waals surface area contributed by atoms with Crippen LogP contribution in [0.4, 0.5) is 5.69 Å². The summed E-state index contributed by atoms with van der Waals surface area (Å²) < 4.78 is 34.4. The SMILES string of the molecule is COc1ccccc1N(CC(=O)N(Cc1ccccc1)[C@H](C)C(=O)NCC(C)C)S(=O)(=O)c1ccc(C)cc1. The number of para-hydroxylation sites is 2. The van der Waals surface area contributed by atoms with Gasteiger partial charge in [-0.25, -0.2) is 8.42 Å². The lowest BCUT2D eigenvalue weighted by molar-refractivity contribution is -0.139. The fraction of sp³-hybridized carbons (Fsp3) is 0.333. The lowest BCUT2D eigenvalue weighted by atomic mass is 10.1. The average Bonchev–Trinajstić information content (AvgIpc) is 2.93. The van der Waals surface area contributed by atoms with E-state index in [9.17, 15) is 18.0 Å². The van der Waals surface area contributed by atoms with Crippen LogP contribution in [0.1, 0.15) is 31.9 Å². The first-order valence-electron chi connectivity index (χ1n) is 12.9. The van der Waals surface area contributed by atoms with Crippen molar-refractivity contribution in [2.24, 2.45) is 5.92 Å². The minimum Gasteiger partial charge on any atom is -0.495 e. The molecule has 2 amide bonds. The summed E-state index contributed by atoms with van der Waals surface area (Å²) in [6.45, 7) is 7.57. The lowest BCUT2D eigenvalue weighted by Crippen LogP contribution is -2.51. The Hall–Kier alpha value is -3.85. The molecule has 0 spiro atoms. The van der Waals surface area contributed by atoms with Crippen molar-refractivity contribution in [1.29, 1.82) is 0 Å². The molecule has 0 saturated carbocycles. The van der Waals surface area contributed by atoms with Gasteiger partial charge in [-0.3, -0.25) is 13.9 Å². The van der Waals surface area contributed by atoms with Crippen LogP contribution in [-0.2, 0) is 26.2 Å². The average molecular weight is 552 g/mol. The highest BCUT2D eigenvalue weighted by Gasteiger charge is 2.33. The van der Waals surface area contributed by atoms with Gasteiger partial charge >= 0.3 is 0 Å². The van der Waals surface area contributed by atoms with E-state index in [0.29, 0.717) is 12.3 Å². The largest absolute Gasteiger partial charge is 0.495 e. The van der Waals surface area contributed by atoms with E-state index in [4.69, 9.17) is 4.74 Å². The molecule has 208 valence electrons. The first kappa shape index (κ1) is 29.7. The number of benzene rings is 3. The molecule has 1 N–H and O–H groups in total. The second kappa shape index (κ2) is 13.3. The van der Waals surface area contributed by atoms with Gasteiger partial charge in [0.15, 0.2) is 0 Å². The molecule has 9 heteroatoms. The van der Waals surface area contributed by atoms with E-state index < -0.39 is 28.5 Å². The Morgan fingerprint density at radius 2 is 1.51 bits per heavy atom. The maximum Gasteiger partial charge on any atom is 0.264 e. The predicted octanol–water partition coefficient (Wildman–Crippen LogP) is 4.39. The zero-order valence-corrected chi connectivity index (χ0v) is 23.9. The van der Waals surface area contributed by atoms with Gasteiger partial charge in [-0.2, -0.15) is 0 Å². The summed E-state index contributed by atoms with van der Waals surface area (Å²) >= 11 is 0. The molecule has 1 atom stereocenters. The van der Waals surface area contributed by atoms with Gasteiger partial charge in [0.1, 0.15) is 18.3 Å². The summed E-state index contributed by atoms with van der Waals surface area (Å²) in [6, 6.07) is 21.5. The number of hydrogen-bond donors (Lipinski definition) is 1. The van der Waals surface area contributed by atoms with Crippen LogP contribution in [0.2, 0.25) is 0 Å². The van der Waals surface area contributed by atoms with Crippen LogP contribution in [0.5, 0.6) is 5.75 Å². The summed E-state index contributed by atoms with van der Waals surface area (Å²) in [5, 5.41) is 2.88. The van der Waals surface area contributed by atoms with Gasteiger partial charge in [0, 0.05) is 13.1 Å². The number of amides is 2. The molecular formula is C30H37N3O5S. The van der Waals surface area contributed by atoms with E-state index in [1.165, 1.54) is 24.1 Å². The van der Waals surface area contributed by atoms with Gasteiger partial charge < -0.3 is 15.0 Å². The van der Waals surface area contributed by atoms with Gasteiger partial charge in [0.05, 0.1) is 17.7 Å². The smallest absolute Gasteiger partial charge is 0.264 e. The lowest BCUT2D eigenvalue weighted by Gasteiger charge is -2.32. The van der Waals surface area contributed by atoms with Crippen LogP contribution in [0.3, 0.4) is 0 Å². The normalized spacial score (nSPS) is 12.1. The van der Waals surface area contributed by atoms with Crippen LogP contribution in [0.15, 0.2) is 83.8 Å². The summed E-state index contributed by atoms with van der Waals surface area (Å²) in [6.07, 6.45) is 0. The second-order valence-corrected chi connectivity index (χ2v) is 11.7. The Balaban J connectivity index is 2.03. The first-order valence-corrected chi connectivity index (χ1v) is 14.3. The molecule has 3 aromatic rings. The molecular weight excluding hydrogens is 514 g/mol. The number of anilines is 1. The predicted molar refractivity (Wildman–Crippen MR) is 153 cm³/mol. The summed E-state index contributed by atoms with van der Waals surface area (Å²) in [4.78, 5) is 28.4.